The van der Waals surface area contributed by atoms with E-state index in [9.17, 15) is 9.59 Å². The van der Waals surface area contributed by atoms with Crippen LogP contribution in [-0.2, 0) is 6.54 Å². The molecule has 3 N–H and O–H groups in total. The SMILES string of the molecule is O=C(NCc1ccccc1Br)Nc1sccc1C(=O)O. The normalized spacial score (nSPS) is 10.1. The number of amides is 2. The second kappa shape index (κ2) is 6.53. The van der Waals surface area contributed by atoms with Crippen molar-refractivity contribution in [1.82, 2.24) is 5.32 Å². The summed E-state index contributed by atoms with van der Waals surface area (Å²) in [5, 5.41) is 16.1. The predicted octanol–water partition coefficient (Wildman–Crippen LogP) is 3.53. The van der Waals surface area contributed by atoms with Gasteiger partial charge >= 0.3 is 12.0 Å². The van der Waals surface area contributed by atoms with Gasteiger partial charge in [0.25, 0.3) is 0 Å². The van der Waals surface area contributed by atoms with E-state index in [1.807, 2.05) is 24.3 Å². The molecule has 20 heavy (non-hydrogen) atoms. The van der Waals surface area contributed by atoms with Gasteiger partial charge in [0.05, 0.1) is 5.56 Å². The van der Waals surface area contributed by atoms with Gasteiger partial charge in [0.2, 0.25) is 0 Å². The Balaban J connectivity index is 1.95. The van der Waals surface area contributed by atoms with Gasteiger partial charge in [-0.1, -0.05) is 34.1 Å². The number of carbonyl (C=O) groups is 2. The van der Waals surface area contributed by atoms with Gasteiger partial charge in [0.1, 0.15) is 5.00 Å². The van der Waals surface area contributed by atoms with E-state index in [4.69, 9.17) is 5.11 Å². The molecule has 104 valence electrons. The third-order valence-corrected chi connectivity index (χ3v) is 4.12. The summed E-state index contributed by atoms with van der Waals surface area (Å²) in [6.07, 6.45) is 0. The number of carboxylic acids is 1. The van der Waals surface area contributed by atoms with E-state index < -0.39 is 12.0 Å². The zero-order valence-electron chi connectivity index (χ0n) is 10.2. The maximum absolute atomic E-state index is 11.7. The lowest BCUT2D eigenvalue weighted by Gasteiger charge is -2.08. The highest BCUT2D eigenvalue weighted by atomic mass is 79.9. The summed E-state index contributed by atoms with van der Waals surface area (Å²) >= 11 is 4.56. The molecule has 2 rings (SSSR count). The molecule has 0 aliphatic heterocycles. The maximum atomic E-state index is 11.7. The number of aromatic carboxylic acids is 1. The first-order valence-corrected chi connectivity index (χ1v) is 7.34. The summed E-state index contributed by atoms with van der Waals surface area (Å²) < 4.78 is 0.905. The molecule has 0 aliphatic carbocycles. The van der Waals surface area contributed by atoms with E-state index in [2.05, 4.69) is 26.6 Å². The molecule has 0 spiro atoms. The van der Waals surface area contributed by atoms with E-state index in [1.54, 1.807) is 5.38 Å². The molecule has 0 aliphatic rings. The fourth-order valence-electron chi connectivity index (χ4n) is 1.54. The molecule has 1 aromatic heterocycles. The molecule has 0 unspecified atom stereocenters. The quantitative estimate of drug-likeness (QED) is 0.785. The first-order valence-electron chi connectivity index (χ1n) is 5.67. The third kappa shape index (κ3) is 3.58. The van der Waals surface area contributed by atoms with Crippen LogP contribution in [-0.4, -0.2) is 17.1 Å². The minimum atomic E-state index is -1.06. The van der Waals surface area contributed by atoms with Crippen molar-refractivity contribution >= 4 is 44.3 Å². The molecule has 0 radical (unpaired) electrons. The molecular formula is C13H11BrN2O3S. The Morgan fingerprint density at radius 1 is 1.25 bits per heavy atom. The topological polar surface area (TPSA) is 78.4 Å². The molecule has 1 aromatic carbocycles. The molecule has 0 bridgehead atoms. The van der Waals surface area contributed by atoms with E-state index in [0.717, 1.165) is 10.0 Å². The average Bonchev–Trinajstić information content (AvgIpc) is 2.86. The zero-order chi connectivity index (χ0) is 14.5. The number of hydrogen-bond acceptors (Lipinski definition) is 3. The number of benzene rings is 1. The first-order chi connectivity index (χ1) is 9.58. The van der Waals surface area contributed by atoms with E-state index in [0.29, 0.717) is 11.5 Å². The summed E-state index contributed by atoms with van der Waals surface area (Å²) in [4.78, 5) is 22.7. The van der Waals surface area contributed by atoms with Gasteiger partial charge in [-0.05, 0) is 23.1 Å². The highest BCUT2D eigenvalue weighted by Crippen LogP contribution is 2.23. The van der Waals surface area contributed by atoms with Crippen LogP contribution in [0, 0.1) is 0 Å². The van der Waals surface area contributed by atoms with Crippen molar-refractivity contribution in [2.45, 2.75) is 6.54 Å². The molecular weight excluding hydrogens is 344 g/mol. The van der Waals surface area contributed by atoms with Gasteiger partial charge < -0.3 is 10.4 Å². The Hall–Kier alpha value is -1.86. The van der Waals surface area contributed by atoms with Crippen molar-refractivity contribution in [1.29, 1.82) is 0 Å². The minimum Gasteiger partial charge on any atom is -0.478 e. The van der Waals surface area contributed by atoms with Crippen molar-refractivity contribution in [3.8, 4) is 0 Å². The van der Waals surface area contributed by atoms with Gasteiger partial charge in [0, 0.05) is 11.0 Å². The van der Waals surface area contributed by atoms with Gasteiger partial charge in [-0.3, -0.25) is 5.32 Å². The lowest BCUT2D eigenvalue weighted by Crippen LogP contribution is -2.28. The van der Waals surface area contributed by atoms with Crippen LogP contribution in [0.5, 0.6) is 0 Å². The smallest absolute Gasteiger partial charge is 0.338 e. The van der Waals surface area contributed by atoms with Crippen LogP contribution in [0.4, 0.5) is 9.80 Å². The molecule has 0 saturated heterocycles. The first kappa shape index (κ1) is 14.5. The van der Waals surface area contributed by atoms with Crippen molar-refractivity contribution in [3.05, 3.63) is 51.3 Å². The fraction of sp³-hybridized carbons (Fsp3) is 0.0769. The molecule has 7 heteroatoms. The molecule has 5 nitrogen and oxygen atoms in total. The van der Waals surface area contributed by atoms with Crippen LogP contribution in [0.2, 0.25) is 0 Å². The van der Waals surface area contributed by atoms with Crippen LogP contribution < -0.4 is 10.6 Å². The number of halogens is 1. The molecule has 0 atom stereocenters. The highest BCUT2D eigenvalue weighted by molar-refractivity contribution is 9.10. The molecule has 0 fully saturated rings. The maximum Gasteiger partial charge on any atom is 0.338 e. The molecule has 2 aromatic rings. The van der Waals surface area contributed by atoms with Crippen molar-refractivity contribution in [3.63, 3.8) is 0 Å². The second-order valence-corrected chi connectivity index (χ2v) is 5.64. The Kier molecular flexibility index (Phi) is 4.75. The number of thiophene rings is 1. The number of urea groups is 1. The fourth-order valence-corrected chi connectivity index (χ4v) is 2.74. The van der Waals surface area contributed by atoms with Crippen LogP contribution in [0.3, 0.4) is 0 Å². The lowest BCUT2D eigenvalue weighted by atomic mass is 10.2. The Labute approximate surface area is 127 Å². The minimum absolute atomic E-state index is 0.0889. The van der Waals surface area contributed by atoms with Gasteiger partial charge in [-0.15, -0.1) is 11.3 Å². The monoisotopic (exact) mass is 354 g/mol. The van der Waals surface area contributed by atoms with Gasteiger partial charge in [-0.25, -0.2) is 9.59 Å². The Morgan fingerprint density at radius 3 is 2.70 bits per heavy atom. The standard InChI is InChI=1S/C13H11BrN2O3S/c14-10-4-2-1-3-8(10)7-15-13(19)16-11-9(12(17)18)5-6-20-11/h1-6H,7H2,(H,17,18)(H2,15,16,19). The number of hydrogen-bond donors (Lipinski definition) is 3. The summed E-state index contributed by atoms with van der Waals surface area (Å²) in [6, 6.07) is 8.55. The Bertz CT molecular complexity index is 642. The van der Waals surface area contributed by atoms with E-state index in [1.165, 1.54) is 17.4 Å². The van der Waals surface area contributed by atoms with Crippen LogP contribution in [0.1, 0.15) is 15.9 Å². The number of carbonyl (C=O) groups excluding carboxylic acids is 1. The van der Waals surface area contributed by atoms with Gasteiger partial charge in [-0.2, -0.15) is 0 Å². The summed E-state index contributed by atoms with van der Waals surface area (Å²) in [6.45, 7) is 0.348. The van der Waals surface area contributed by atoms with Crippen molar-refractivity contribution in [2.24, 2.45) is 0 Å². The summed E-state index contributed by atoms with van der Waals surface area (Å²) in [7, 11) is 0. The second-order valence-electron chi connectivity index (χ2n) is 3.87. The third-order valence-electron chi connectivity index (χ3n) is 2.52. The Morgan fingerprint density at radius 2 is 2.00 bits per heavy atom. The number of nitrogens with one attached hydrogen (secondary N) is 2. The highest BCUT2D eigenvalue weighted by Gasteiger charge is 2.13. The van der Waals surface area contributed by atoms with Gasteiger partial charge in [0.15, 0.2) is 0 Å². The molecule has 1 heterocycles. The number of anilines is 1. The van der Waals surface area contributed by atoms with E-state index in [-0.39, 0.29) is 5.56 Å². The average molecular weight is 355 g/mol. The summed E-state index contributed by atoms with van der Waals surface area (Å²) in [5.41, 5.74) is 1.03. The summed E-state index contributed by atoms with van der Waals surface area (Å²) in [5.74, 6) is -1.06. The lowest BCUT2D eigenvalue weighted by molar-refractivity contribution is 0.0698. The van der Waals surface area contributed by atoms with Crippen LogP contribution in [0.25, 0.3) is 0 Å². The van der Waals surface area contributed by atoms with Crippen LogP contribution in [0.15, 0.2) is 40.2 Å². The largest absolute Gasteiger partial charge is 0.478 e. The van der Waals surface area contributed by atoms with Crippen molar-refractivity contribution in [2.75, 3.05) is 5.32 Å². The van der Waals surface area contributed by atoms with Crippen LogP contribution >= 0.6 is 27.3 Å². The van der Waals surface area contributed by atoms with E-state index >= 15 is 0 Å². The van der Waals surface area contributed by atoms with Crippen molar-refractivity contribution < 1.29 is 14.7 Å². The zero-order valence-corrected chi connectivity index (χ0v) is 12.6. The number of rotatable bonds is 4. The molecule has 2 amide bonds. The predicted molar refractivity (Wildman–Crippen MR) is 81.3 cm³/mol. The molecule has 0 saturated carbocycles. The number of carboxylic acid groups (broad SMARTS) is 1.